The number of hydrogen-bond donors (Lipinski definition) is 2. The van der Waals surface area contributed by atoms with Crippen molar-refractivity contribution in [2.24, 2.45) is 5.73 Å². The van der Waals surface area contributed by atoms with Gasteiger partial charge in [0.1, 0.15) is 4.60 Å². The minimum absolute atomic E-state index is 0.451. The molecule has 0 atom stereocenters. The Balaban J connectivity index is 3.09. The Bertz CT molecular complexity index is 236. The average molecular weight is 202 g/mol. The minimum atomic E-state index is 0.451. The van der Waals surface area contributed by atoms with Gasteiger partial charge in [-0.05, 0) is 27.6 Å². The number of hydrogen-bond acceptors (Lipinski definition) is 3. The van der Waals surface area contributed by atoms with E-state index in [1.54, 1.807) is 6.20 Å². The highest BCUT2D eigenvalue weighted by Crippen LogP contribution is 2.13. The predicted octanol–water partition coefficient (Wildman–Crippen LogP) is 0.885. The first-order valence-corrected chi connectivity index (χ1v) is 3.63. The lowest BCUT2D eigenvalue weighted by Gasteiger charge is -2.00. The van der Waals surface area contributed by atoms with Crippen LogP contribution in [0.2, 0.25) is 0 Å². The Hall–Kier alpha value is -0.610. The maximum atomic E-state index is 5.54. The summed E-state index contributed by atoms with van der Waals surface area (Å²) in [6.45, 7) is 0.451. The van der Waals surface area contributed by atoms with Crippen molar-refractivity contribution in [2.75, 3.05) is 5.73 Å². The zero-order chi connectivity index (χ0) is 7.56. The number of pyridine rings is 1. The van der Waals surface area contributed by atoms with Crippen molar-refractivity contribution in [3.05, 3.63) is 22.4 Å². The number of nitrogens with zero attached hydrogens (tertiary/aromatic N) is 1. The summed E-state index contributed by atoms with van der Waals surface area (Å²) in [7, 11) is 0. The van der Waals surface area contributed by atoms with Gasteiger partial charge in [-0.15, -0.1) is 0 Å². The van der Waals surface area contributed by atoms with Crippen LogP contribution in [0, 0.1) is 0 Å². The second kappa shape index (κ2) is 2.98. The zero-order valence-corrected chi connectivity index (χ0v) is 6.93. The van der Waals surface area contributed by atoms with Gasteiger partial charge in [0.25, 0.3) is 0 Å². The Morgan fingerprint density at radius 1 is 1.60 bits per heavy atom. The number of anilines is 1. The maximum absolute atomic E-state index is 5.54. The molecule has 3 nitrogen and oxygen atoms in total. The molecule has 4 heteroatoms. The van der Waals surface area contributed by atoms with E-state index in [4.69, 9.17) is 11.5 Å². The number of rotatable bonds is 1. The average Bonchev–Trinajstić information content (AvgIpc) is 1.94. The fourth-order valence-electron chi connectivity index (χ4n) is 0.655. The molecule has 4 N–H and O–H groups in total. The molecule has 0 saturated carbocycles. The topological polar surface area (TPSA) is 64.9 Å². The van der Waals surface area contributed by atoms with E-state index in [0.29, 0.717) is 12.2 Å². The molecule has 0 spiro atoms. The van der Waals surface area contributed by atoms with Crippen molar-refractivity contribution >= 4 is 21.6 Å². The minimum Gasteiger partial charge on any atom is -0.397 e. The van der Waals surface area contributed by atoms with Crippen LogP contribution in [0.5, 0.6) is 0 Å². The van der Waals surface area contributed by atoms with E-state index in [1.165, 1.54) is 0 Å². The molecule has 1 rings (SSSR count). The quantitative estimate of drug-likeness (QED) is 0.664. The van der Waals surface area contributed by atoms with Crippen molar-refractivity contribution in [1.29, 1.82) is 0 Å². The van der Waals surface area contributed by atoms with Gasteiger partial charge in [-0.2, -0.15) is 0 Å². The maximum Gasteiger partial charge on any atom is 0.106 e. The van der Waals surface area contributed by atoms with E-state index >= 15 is 0 Å². The molecule has 0 amide bonds. The Labute approximate surface area is 67.6 Å². The molecular weight excluding hydrogens is 194 g/mol. The fourth-order valence-corrected chi connectivity index (χ4v) is 1.03. The number of halogens is 1. The van der Waals surface area contributed by atoms with Gasteiger partial charge in [0.2, 0.25) is 0 Å². The van der Waals surface area contributed by atoms with Crippen molar-refractivity contribution in [3.8, 4) is 0 Å². The van der Waals surface area contributed by atoms with Crippen LogP contribution in [-0.4, -0.2) is 4.98 Å². The van der Waals surface area contributed by atoms with Gasteiger partial charge in [-0.25, -0.2) is 4.98 Å². The highest BCUT2D eigenvalue weighted by molar-refractivity contribution is 9.10. The SMILES string of the molecule is NCc1cc(Br)ncc1N. The third-order valence-corrected chi connectivity index (χ3v) is 1.64. The van der Waals surface area contributed by atoms with Gasteiger partial charge in [0, 0.05) is 6.54 Å². The van der Waals surface area contributed by atoms with E-state index in [0.717, 1.165) is 10.2 Å². The van der Waals surface area contributed by atoms with Gasteiger partial charge in [-0.1, -0.05) is 0 Å². The van der Waals surface area contributed by atoms with Crippen LogP contribution >= 0.6 is 15.9 Å². The van der Waals surface area contributed by atoms with Crippen LogP contribution in [-0.2, 0) is 6.54 Å². The van der Waals surface area contributed by atoms with Crippen LogP contribution in [0.25, 0.3) is 0 Å². The summed E-state index contributed by atoms with van der Waals surface area (Å²) in [5, 5.41) is 0. The second-order valence-corrected chi connectivity index (χ2v) is 2.72. The van der Waals surface area contributed by atoms with Crippen LogP contribution in [0.3, 0.4) is 0 Å². The van der Waals surface area contributed by atoms with Gasteiger partial charge >= 0.3 is 0 Å². The van der Waals surface area contributed by atoms with Gasteiger partial charge in [0.05, 0.1) is 11.9 Å². The van der Waals surface area contributed by atoms with E-state index in [9.17, 15) is 0 Å². The van der Waals surface area contributed by atoms with E-state index in [1.807, 2.05) is 6.07 Å². The molecule has 0 bridgehead atoms. The molecule has 0 fully saturated rings. The molecule has 0 radical (unpaired) electrons. The lowest BCUT2D eigenvalue weighted by atomic mass is 10.2. The molecule has 1 aromatic rings. The molecule has 1 aromatic heterocycles. The Morgan fingerprint density at radius 2 is 2.30 bits per heavy atom. The second-order valence-electron chi connectivity index (χ2n) is 1.91. The van der Waals surface area contributed by atoms with Crippen LogP contribution in [0.1, 0.15) is 5.56 Å². The van der Waals surface area contributed by atoms with Gasteiger partial charge in [0.15, 0.2) is 0 Å². The van der Waals surface area contributed by atoms with Crippen molar-refractivity contribution in [3.63, 3.8) is 0 Å². The lowest BCUT2D eigenvalue weighted by Crippen LogP contribution is -2.01. The van der Waals surface area contributed by atoms with Crippen LogP contribution < -0.4 is 11.5 Å². The molecule has 54 valence electrons. The summed E-state index contributed by atoms with van der Waals surface area (Å²) in [4.78, 5) is 3.92. The molecule has 0 aliphatic carbocycles. The van der Waals surface area contributed by atoms with E-state index in [-0.39, 0.29) is 0 Å². The highest BCUT2D eigenvalue weighted by Gasteiger charge is 1.96. The molecule has 0 aliphatic rings. The molecular formula is C6H8BrN3. The normalized spacial score (nSPS) is 9.80. The molecule has 0 unspecified atom stereocenters. The first kappa shape index (κ1) is 7.50. The van der Waals surface area contributed by atoms with E-state index < -0.39 is 0 Å². The number of nitrogens with two attached hydrogens (primary N) is 2. The number of aromatic nitrogens is 1. The lowest BCUT2D eigenvalue weighted by molar-refractivity contribution is 1.06. The first-order chi connectivity index (χ1) is 4.74. The van der Waals surface area contributed by atoms with E-state index in [2.05, 4.69) is 20.9 Å². The van der Waals surface area contributed by atoms with Crippen LogP contribution in [0.15, 0.2) is 16.9 Å². The monoisotopic (exact) mass is 201 g/mol. The molecule has 0 saturated heterocycles. The van der Waals surface area contributed by atoms with Crippen molar-refractivity contribution < 1.29 is 0 Å². The Kier molecular flexibility index (Phi) is 2.24. The first-order valence-electron chi connectivity index (χ1n) is 2.84. The summed E-state index contributed by atoms with van der Waals surface area (Å²) in [5.41, 5.74) is 12.5. The third-order valence-electron chi connectivity index (χ3n) is 1.21. The fraction of sp³-hybridized carbons (Fsp3) is 0.167. The van der Waals surface area contributed by atoms with Crippen molar-refractivity contribution in [2.45, 2.75) is 6.54 Å². The smallest absolute Gasteiger partial charge is 0.106 e. The molecule has 0 aliphatic heterocycles. The third kappa shape index (κ3) is 1.46. The predicted molar refractivity (Wildman–Crippen MR) is 44.2 cm³/mol. The summed E-state index contributed by atoms with van der Waals surface area (Å²) < 4.78 is 0.766. The molecule has 10 heavy (non-hydrogen) atoms. The summed E-state index contributed by atoms with van der Waals surface area (Å²) in [6.07, 6.45) is 1.59. The zero-order valence-electron chi connectivity index (χ0n) is 5.34. The summed E-state index contributed by atoms with van der Waals surface area (Å²) >= 11 is 3.21. The summed E-state index contributed by atoms with van der Waals surface area (Å²) in [5.74, 6) is 0. The van der Waals surface area contributed by atoms with Crippen LogP contribution in [0.4, 0.5) is 5.69 Å². The Morgan fingerprint density at radius 3 is 2.80 bits per heavy atom. The largest absolute Gasteiger partial charge is 0.397 e. The standard InChI is InChI=1S/C6H8BrN3/c7-6-1-4(2-8)5(9)3-10-6/h1,3H,2,8-9H2. The van der Waals surface area contributed by atoms with Gasteiger partial charge < -0.3 is 11.5 Å². The molecule has 1 heterocycles. The number of nitrogen functional groups attached to an aromatic ring is 1. The molecule has 0 aromatic carbocycles. The summed E-state index contributed by atoms with van der Waals surface area (Å²) in [6, 6.07) is 1.81. The highest BCUT2D eigenvalue weighted by atomic mass is 79.9. The van der Waals surface area contributed by atoms with Crippen molar-refractivity contribution in [1.82, 2.24) is 4.98 Å². The van der Waals surface area contributed by atoms with Gasteiger partial charge in [-0.3, -0.25) is 0 Å².